The van der Waals surface area contributed by atoms with Crippen molar-refractivity contribution < 1.29 is 18.3 Å². The second-order valence-electron chi connectivity index (χ2n) is 5.95. The Labute approximate surface area is 148 Å². The molecule has 6 heteroatoms. The second-order valence-corrected chi connectivity index (χ2v) is 5.95. The van der Waals surface area contributed by atoms with Gasteiger partial charge in [-0.15, -0.1) is 0 Å². The number of benzene rings is 2. The van der Waals surface area contributed by atoms with Crippen LogP contribution in [0.1, 0.15) is 28.4 Å². The van der Waals surface area contributed by atoms with E-state index < -0.39 is 23.0 Å². The van der Waals surface area contributed by atoms with Gasteiger partial charge in [-0.3, -0.25) is 4.79 Å². The van der Waals surface area contributed by atoms with Gasteiger partial charge in [-0.25, -0.2) is 13.6 Å². The molecule has 0 aliphatic rings. The molecule has 0 aliphatic heterocycles. The Bertz CT molecular complexity index is 1060. The van der Waals surface area contributed by atoms with Crippen LogP contribution in [-0.2, 0) is 11.3 Å². The zero-order valence-electron chi connectivity index (χ0n) is 14.4. The highest BCUT2D eigenvalue weighted by Gasteiger charge is 2.19. The van der Waals surface area contributed by atoms with Gasteiger partial charge in [-0.1, -0.05) is 18.2 Å². The molecule has 134 valence electrons. The molecule has 0 aliphatic carbocycles. The molecule has 0 saturated heterocycles. The van der Waals surface area contributed by atoms with Crippen LogP contribution in [0.4, 0.5) is 8.78 Å². The normalized spacial score (nSPS) is 10.9. The summed E-state index contributed by atoms with van der Waals surface area (Å²) in [6, 6.07) is 8.94. The third-order valence-corrected chi connectivity index (χ3v) is 4.10. The summed E-state index contributed by atoms with van der Waals surface area (Å²) in [4.78, 5) is 24.7. The standard InChI is InChI=1S/C20H17F2NO3/c1-3-26-20(25)14-11-23(10-13-8-7-12(2)9-16(13)22)17-6-4-5-15(21)18(17)19(14)24/h4-9,11H,3,10H2,1-2H3. The lowest BCUT2D eigenvalue weighted by Crippen LogP contribution is -2.22. The zero-order chi connectivity index (χ0) is 18.8. The van der Waals surface area contributed by atoms with E-state index >= 15 is 0 Å². The van der Waals surface area contributed by atoms with E-state index in [0.29, 0.717) is 5.56 Å². The van der Waals surface area contributed by atoms with Gasteiger partial charge in [-0.2, -0.15) is 0 Å². The average Bonchev–Trinajstić information content (AvgIpc) is 2.59. The molecule has 26 heavy (non-hydrogen) atoms. The molecular formula is C20H17F2NO3. The number of carbonyl (C=O) groups excluding carboxylic acids is 1. The molecule has 3 rings (SSSR count). The lowest BCUT2D eigenvalue weighted by molar-refractivity contribution is 0.0524. The van der Waals surface area contributed by atoms with Crippen molar-refractivity contribution in [2.75, 3.05) is 6.61 Å². The van der Waals surface area contributed by atoms with Crippen LogP contribution in [0.3, 0.4) is 0 Å². The first kappa shape index (κ1) is 17.8. The van der Waals surface area contributed by atoms with Crippen molar-refractivity contribution in [2.24, 2.45) is 0 Å². The fourth-order valence-corrected chi connectivity index (χ4v) is 2.84. The molecule has 0 N–H and O–H groups in total. The third kappa shape index (κ3) is 3.22. The molecule has 0 amide bonds. The maximum atomic E-state index is 14.3. The summed E-state index contributed by atoms with van der Waals surface area (Å²) < 4.78 is 34.9. The predicted octanol–water partition coefficient (Wildman–Crippen LogP) is 3.81. The number of hydrogen-bond acceptors (Lipinski definition) is 3. The van der Waals surface area contributed by atoms with Gasteiger partial charge in [0.1, 0.15) is 17.2 Å². The summed E-state index contributed by atoms with van der Waals surface area (Å²) in [6.07, 6.45) is 1.29. The molecule has 0 atom stereocenters. The average molecular weight is 357 g/mol. The Morgan fingerprint density at radius 1 is 1.15 bits per heavy atom. The number of esters is 1. The first-order valence-electron chi connectivity index (χ1n) is 8.16. The summed E-state index contributed by atoms with van der Waals surface area (Å²) >= 11 is 0. The predicted molar refractivity (Wildman–Crippen MR) is 94.4 cm³/mol. The van der Waals surface area contributed by atoms with E-state index in [0.717, 1.165) is 11.6 Å². The summed E-state index contributed by atoms with van der Waals surface area (Å²) in [6.45, 7) is 3.51. The van der Waals surface area contributed by atoms with E-state index in [1.807, 2.05) is 0 Å². The number of aromatic nitrogens is 1. The van der Waals surface area contributed by atoms with Crippen molar-refractivity contribution in [3.63, 3.8) is 0 Å². The van der Waals surface area contributed by atoms with Crippen LogP contribution in [0.5, 0.6) is 0 Å². The minimum atomic E-state index is -0.833. The minimum absolute atomic E-state index is 0.0404. The van der Waals surface area contributed by atoms with Crippen molar-refractivity contribution in [1.82, 2.24) is 4.57 Å². The molecule has 0 fully saturated rings. The topological polar surface area (TPSA) is 48.3 Å². The Balaban J connectivity index is 2.23. The van der Waals surface area contributed by atoms with Gasteiger partial charge in [0.25, 0.3) is 0 Å². The number of aryl methyl sites for hydroxylation is 1. The van der Waals surface area contributed by atoms with Crippen LogP contribution < -0.4 is 5.43 Å². The van der Waals surface area contributed by atoms with Crippen LogP contribution >= 0.6 is 0 Å². The molecule has 0 saturated carbocycles. The quantitative estimate of drug-likeness (QED) is 0.667. The molecule has 0 bridgehead atoms. The largest absolute Gasteiger partial charge is 0.462 e. The molecular weight excluding hydrogens is 340 g/mol. The number of carbonyl (C=O) groups is 1. The number of fused-ring (bicyclic) bond motifs is 1. The lowest BCUT2D eigenvalue weighted by Gasteiger charge is -2.14. The number of rotatable bonds is 4. The number of halogens is 2. The van der Waals surface area contributed by atoms with Crippen LogP contribution in [0, 0.1) is 18.6 Å². The molecule has 1 aromatic heterocycles. The molecule has 2 aromatic carbocycles. The molecule has 1 heterocycles. The first-order chi connectivity index (χ1) is 12.4. The highest BCUT2D eigenvalue weighted by Crippen LogP contribution is 2.19. The summed E-state index contributed by atoms with van der Waals surface area (Å²) in [5.41, 5.74) is 0.395. The molecule has 4 nitrogen and oxygen atoms in total. The van der Waals surface area contributed by atoms with E-state index in [9.17, 15) is 18.4 Å². The van der Waals surface area contributed by atoms with Crippen LogP contribution in [0.25, 0.3) is 10.9 Å². The fourth-order valence-electron chi connectivity index (χ4n) is 2.84. The van der Waals surface area contributed by atoms with Crippen molar-refractivity contribution in [3.8, 4) is 0 Å². The van der Waals surface area contributed by atoms with Gasteiger partial charge in [0, 0.05) is 11.8 Å². The monoisotopic (exact) mass is 357 g/mol. The maximum absolute atomic E-state index is 14.3. The zero-order valence-corrected chi connectivity index (χ0v) is 14.4. The van der Waals surface area contributed by atoms with E-state index in [1.54, 1.807) is 32.0 Å². The summed E-state index contributed by atoms with van der Waals surface area (Å²) in [7, 11) is 0. The van der Waals surface area contributed by atoms with Gasteiger partial charge in [0.05, 0.1) is 24.1 Å². The Morgan fingerprint density at radius 3 is 2.62 bits per heavy atom. The van der Waals surface area contributed by atoms with Gasteiger partial charge in [0.2, 0.25) is 5.43 Å². The third-order valence-electron chi connectivity index (χ3n) is 4.10. The van der Waals surface area contributed by atoms with Crippen molar-refractivity contribution in [1.29, 1.82) is 0 Å². The van der Waals surface area contributed by atoms with E-state index in [2.05, 4.69) is 0 Å². The first-order valence-corrected chi connectivity index (χ1v) is 8.16. The smallest absolute Gasteiger partial charge is 0.343 e. The molecule has 3 aromatic rings. The van der Waals surface area contributed by atoms with Crippen LogP contribution in [0.15, 0.2) is 47.4 Å². The highest BCUT2D eigenvalue weighted by atomic mass is 19.1. The van der Waals surface area contributed by atoms with Crippen molar-refractivity contribution in [2.45, 2.75) is 20.4 Å². The molecule has 0 radical (unpaired) electrons. The Kier molecular flexibility index (Phi) is 4.84. The van der Waals surface area contributed by atoms with Gasteiger partial charge in [0.15, 0.2) is 0 Å². The Morgan fingerprint density at radius 2 is 1.92 bits per heavy atom. The highest BCUT2D eigenvalue weighted by molar-refractivity contribution is 5.94. The van der Waals surface area contributed by atoms with Crippen LogP contribution in [0.2, 0.25) is 0 Å². The SMILES string of the molecule is CCOC(=O)c1cn(Cc2ccc(C)cc2F)c2cccc(F)c2c1=O. The van der Waals surface area contributed by atoms with E-state index in [1.165, 1.54) is 22.9 Å². The second kappa shape index (κ2) is 7.07. The number of nitrogens with zero attached hydrogens (tertiary/aromatic N) is 1. The summed E-state index contributed by atoms with van der Waals surface area (Å²) in [5.74, 6) is -1.98. The number of pyridine rings is 1. The number of ether oxygens (including phenoxy) is 1. The van der Waals surface area contributed by atoms with E-state index in [-0.39, 0.29) is 29.6 Å². The van der Waals surface area contributed by atoms with E-state index in [4.69, 9.17) is 4.74 Å². The van der Waals surface area contributed by atoms with Gasteiger partial charge >= 0.3 is 5.97 Å². The molecule has 0 spiro atoms. The molecule has 0 unspecified atom stereocenters. The van der Waals surface area contributed by atoms with Crippen LogP contribution in [-0.4, -0.2) is 17.1 Å². The summed E-state index contributed by atoms with van der Waals surface area (Å²) in [5, 5.41) is -0.217. The van der Waals surface area contributed by atoms with Gasteiger partial charge < -0.3 is 9.30 Å². The number of hydrogen-bond donors (Lipinski definition) is 0. The lowest BCUT2D eigenvalue weighted by atomic mass is 10.1. The Hall–Kier alpha value is -3.02. The maximum Gasteiger partial charge on any atom is 0.343 e. The fraction of sp³-hybridized carbons (Fsp3) is 0.200. The van der Waals surface area contributed by atoms with Crippen molar-refractivity contribution in [3.05, 3.63) is 81.1 Å². The minimum Gasteiger partial charge on any atom is -0.462 e. The van der Waals surface area contributed by atoms with Gasteiger partial charge in [-0.05, 0) is 37.6 Å². The van der Waals surface area contributed by atoms with Crippen molar-refractivity contribution >= 4 is 16.9 Å².